The first-order chi connectivity index (χ1) is 9.56. The van der Waals surface area contributed by atoms with Crippen molar-refractivity contribution in [3.63, 3.8) is 0 Å². The molecule has 1 aromatic carbocycles. The molecule has 0 radical (unpaired) electrons. The van der Waals surface area contributed by atoms with E-state index in [1.807, 2.05) is 6.92 Å². The molecule has 3 N–H and O–H groups in total. The van der Waals surface area contributed by atoms with Crippen molar-refractivity contribution >= 4 is 29.4 Å². The molecule has 0 atom stereocenters. The largest absolute Gasteiger partial charge is 0.494 e. The van der Waals surface area contributed by atoms with Gasteiger partial charge in [0.2, 0.25) is 5.91 Å². The SMILES string of the molecule is CCOC(=O)NC(=O)CSc1cc(OCC)ccc1N. The van der Waals surface area contributed by atoms with E-state index in [2.05, 4.69) is 10.1 Å². The van der Waals surface area contributed by atoms with Gasteiger partial charge in [0.1, 0.15) is 5.75 Å². The lowest BCUT2D eigenvalue weighted by Gasteiger charge is -2.09. The molecule has 0 saturated carbocycles. The number of carbonyl (C=O) groups is 2. The Morgan fingerprint density at radius 3 is 2.70 bits per heavy atom. The van der Waals surface area contributed by atoms with Crippen LogP contribution in [-0.2, 0) is 9.53 Å². The minimum atomic E-state index is -0.742. The highest BCUT2D eigenvalue weighted by atomic mass is 32.2. The lowest BCUT2D eigenvalue weighted by Crippen LogP contribution is -2.32. The number of ether oxygens (including phenoxy) is 2. The van der Waals surface area contributed by atoms with Gasteiger partial charge in [0.25, 0.3) is 0 Å². The first kappa shape index (κ1) is 16.2. The molecule has 0 aliphatic carbocycles. The van der Waals surface area contributed by atoms with Crippen molar-refractivity contribution in [1.29, 1.82) is 0 Å². The van der Waals surface area contributed by atoms with Gasteiger partial charge in [0.15, 0.2) is 0 Å². The standard InChI is InChI=1S/C13H18N2O4S/c1-3-18-9-5-6-10(14)11(7-9)20-8-12(16)15-13(17)19-4-2/h5-7H,3-4,8,14H2,1-2H3,(H,15,16,17). The highest BCUT2D eigenvalue weighted by molar-refractivity contribution is 8.00. The quantitative estimate of drug-likeness (QED) is 0.617. The summed E-state index contributed by atoms with van der Waals surface area (Å²) in [6.07, 6.45) is -0.742. The van der Waals surface area contributed by atoms with Crippen LogP contribution in [0, 0.1) is 0 Å². The molecular weight excluding hydrogens is 280 g/mol. The topological polar surface area (TPSA) is 90.6 Å². The number of imide groups is 1. The Balaban J connectivity index is 2.54. The first-order valence-corrected chi connectivity index (χ1v) is 7.17. The number of rotatable bonds is 6. The predicted molar refractivity (Wildman–Crippen MR) is 77.9 cm³/mol. The van der Waals surface area contributed by atoms with E-state index in [1.165, 1.54) is 11.8 Å². The van der Waals surface area contributed by atoms with Crippen molar-refractivity contribution in [2.45, 2.75) is 18.7 Å². The lowest BCUT2D eigenvalue weighted by atomic mass is 10.3. The first-order valence-electron chi connectivity index (χ1n) is 6.18. The summed E-state index contributed by atoms with van der Waals surface area (Å²) in [5.74, 6) is 0.322. The molecular formula is C13H18N2O4S. The third kappa shape index (κ3) is 5.40. The van der Waals surface area contributed by atoms with Gasteiger partial charge in [-0.1, -0.05) is 0 Å². The molecule has 0 aliphatic heterocycles. The molecule has 0 saturated heterocycles. The van der Waals surface area contributed by atoms with Gasteiger partial charge in [-0.15, -0.1) is 11.8 Å². The van der Waals surface area contributed by atoms with Crippen LogP contribution < -0.4 is 15.8 Å². The van der Waals surface area contributed by atoms with E-state index >= 15 is 0 Å². The molecule has 1 rings (SSSR count). The van der Waals surface area contributed by atoms with Crippen LogP contribution in [-0.4, -0.2) is 31.0 Å². The van der Waals surface area contributed by atoms with Gasteiger partial charge in [-0.2, -0.15) is 0 Å². The van der Waals surface area contributed by atoms with Crippen LogP contribution in [0.3, 0.4) is 0 Å². The Bertz CT molecular complexity index is 479. The van der Waals surface area contributed by atoms with Crippen LogP contribution in [0.25, 0.3) is 0 Å². The third-order valence-corrected chi connectivity index (χ3v) is 3.24. The van der Waals surface area contributed by atoms with E-state index in [0.29, 0.717) is 18.0 Å². The second kappa shape index (κ2) is 8.31. The second-order valence-corrected chi connectivity index (χ2v) is 4.71. The number of anilines is 1. The summed E-state index contributed by atoms with van der Waals surface area (Å²) in [6.45, 7) is 4.32. The second-order valence-electron chi connectivity index (χ2n) is 3.69. The summed E-state index contributed by atoms with van der Waals surface area (Å²) in [5, 5.41) is 2.12. The van der Waals surface area contributed by atoms with Crippen LogP contribution in [0.4, 0.5) is 10.5 Å². The summed E-state index contributed by atoms with van der Waals surface area (Å²) < 4.78 is 9.98. The molecule has 0 fully saturated rings. The van der Waals surface area contributed by atoms with Gasteiger partial charge in [-0.25, -0.2) is 4.79 Å². The molecule has 6 nitrogen and oxygen atoms in total. The average Bonchev–Trinajstić information content (AvgIpc) is 2.40. The van der Waals surface area contributed by atoms with E-state index in [1.54, 1.807) is 25.1 Å². The predicted octanol–water partition coefficient (Wildman–Crippen LogP) is 2.03. The number of thioether (sulfide) groups is 1. The lowest BCUT2D eigenvalue weighted by molar-refractivity contribution is -0.117. The van der Waals surface area contributed by atoms with E-state index in [0.717, 1.165) is 4.90 Å². The summed E-state index contributed by atoms with van der Waals surface area (Å²) in [6, 6.07) is 5.25. The molecule has 0 heterocycles. The number of amides is 2. The Morgan fingerprint density at radius 2 is 2.05 bits per heavy atom. The maximum absolute atomic E-state index is 11.5. The fourth-order valence-corrected chi connectivity index (χ4v) is 2.15. The van der Waals surface area contributed by atoms with E-state index < -0.39 is 12.0 Å². The highest BCUT2D eigenvalue weighted by Gasteiger charge is 2.10. The monoisotopic (exact) mass is 298 g/mol. The number of hydrogen-bond donors (Lipinski definition) is 2. The number of benzene rings is 1. The Morgan fingerprint density at radius 1 is 1.30 bits per heavy atom. The molecule has 2 amide bonds. The normalized spacial score (nSPS) is 9.90. The van der Waals surface area contributed by atoms with Gasteiger partial charge in [-0.3, -0.25) is 10.1 Å². The van der Waals surface area contributed by atoms with Crippen LogP contribution in [0.2, 0.25) is 0 Å². The van der Waals surface area contributed by atoms with Crippen molar-refractivity contribution in [1.82, 2.24) is 5.32 Å². The van der Waals surface area contributed by atoms with Crippen LogP contribution in [0.1, 0.15) is 13.8 Å². The number of hydrogen-bond acceptors (Lipinski definition) is 6. The van der Waals surface area contributed by atoms with Crippen molar-refractivity contribution in [3.8, 4) is 5.75 Å². The number of alkyl carbamates (subject to hydrolysis) is 1. The fourth-order valence-electron chi connectivity index (χ4n) is 1.36. The van der Waals surface area contributed by atoms with Crippen LogP contribution in [0.15, 0.2) is 23.1 Å². The third-order valence-electron chi connectivity index (χ3n) is 2.17. The zero-order valence-corrected chi connectivity index (χ0v) is 12.3. The zero-order chi connectivity index (χ0) is 15.0. The molecule has 110 valence electrons. The van der Waals surface area contributed by atoms with Gasteiger partial charge in [0.05, 0.1) is 19.0 Å². The maximum atomic E-state index is 11.5. The number of nitrogen functional groups attached to an aromatic ring is 1. The number of nitrogens with one attached hydrogen (secondary N) is 1. The van der Waals surface area contributed by atoms with Crippen LogP contribution >= 0.6 is 11.8 Å². The fraction of sp³-hybridized carbons (Fsp3) is 0.385. The molecule has 0 aromatic heterocycles. The summed E-state index contributed by atoms with van der Waals surface area (Å²) >= 11 is 1.23. The van der Waals surface area contributed by atoms with Gasteiger partial charge >= 0.3 is 6.09 Å². The Kier molecular flexibility index (Phi) is 6.72. The molecule has 0 unspecified atom stereocenters. The van der Waals surface area contributed by atoms with E-state index in [4.69, 9.17) is 10.5 Å². The Labute approximate surface area is 122 Å². The highest BCUT2D eigenvalue weighted by Crippen LogP contribution is 2.29. The zero-order valence-electron chi connectivity index (χ0n) is 11.5. The molecule has 7 heteroatoms. The van der Waals surface area contributed by atoms with E-state index in [9.17, 15) is 9.59 Å². The van der Waals surface area contributed by atoms with Crippen molar-refractivity contribution in [2.24, 2.45) is 0 Å². The Hall–Kier alpha value is -1.89. The van der Waals surface area contributed by atoms with Crippen LogP contribution in [0.5, 0.6) is 5.75 Å². The van der Waals surface area contributed by atoms with Gasteiger partial charge in [-0.05, 0) is 32.0 Å². The molecule has 20 heavy (non-hydrogen) atoms. The van der Waals surface area contributed by atoms with Crippen molar-refractivity contribution in [2.75, 3.05) is 24.7 Å². The maximum Gasteiger partial charge on any atom is 0.413 e. The number of carbonyl (C=O) groups excluding carboxylic acids is 2. The minimum absolute atomic E-state index is 0.0680. The summed E-state index contributed by atoms with van der Waals surface area (Å²) in [5.41, 5.74) is 6.38. The smallest absolute Gasteiger partial charge is 0.413 e. The van der Waals surface area contributed by atoms with Gasteiger partial charge < -0.3 is 15.2 Å². The minimum Gasteiger partial charge on any atom is -0.494 e. The molecule has 0 aliphatic rings. The molecule has 0 bridgehead atoms. The van der Waals surface area contributed by atoms with Crippen molar-refractivity contribution < 1.29 is 19.1 Å². The average molecular weight is 298 g/mol. The molecule has 0 spiro atoms. The van der Waals surface area contributed by atoms with Crippen molar-refractivity contribution in [3.05, 3.63) is 18.2 Å². The summed E-state index contributed by atoms with van der Waals surface area (Å²) in [4.78, 5) is 23.3. The number of nitrogens with two attached hydrogens (primary N) is 1. The molecule has 1 aromatic rings. The summed E-state index contributed by atoms with van der Waals surface area (Å²) in [7, 11) is 0. The van der Waals surface area contributed by atoms with Gasteiger partial charge in [0, 0.05) is 10.6 Å². The van der Waals surface area contributed by atoms with E-state index in [-0.39, 0.29) is 12.4 Å².